The molecular weight excluding hydrogens is 696 g/mol. The van der Waals surface area contributed by atoms with Gasteiger partial charge in [-0.05, 0) is 77.5 Å². The molecule has 0 bridgehead atoms. The van der Waals surface area contributed by atoms with Gasteiger partial charge in [-0.25, -0.2) is 13.8 Å². The number of ether oxygens (including phenoxy) is 4. The maximum Gasteiger partial charge on any atom is 0.337 e. The number of benzene rings is 3. The molecule has 0 aliphatic carbocycles. The molecule has 3 heterocycles. The van der Waals surface area contributed by atoms with Crippen molar-refractivity contribution in [1.82, 2.24) is 13.7 Å². The second kappa shape index (κ2) is 12.5. The fourth-order valence-electron chi connectivity index (χ4n) is 5.31. The van der Waals surface area contributed by atoms with Gasteiger partial charge in [0.1, 0.15) is 46.0 Å². The minimum Gasteiger partial charge on any atom is -0.497 e. The number of pyridine rings is 1. The summed E-state index contributed by atoms with van der Waals surface area (Å²) in [5.74, 6) is 0.753. The lowest BCUT2D eigenvalue weighted by molar-refractivity contribution is 0.140. The van der Waals surface area contributed by atoms with Crippen LogP contribution in [0.25, 0.3) is 16.7 Å². The van der Waals surface area contributed by atoms with Crippen molar-refractivity contribution in [3.05, 3.63) is 118 Å². The molecular formula is C33H29FIN3O7. The van der Waals surface area contributed by atoms with E-state index in [2.05, 4.69) is 0 Å². The van der Waals surface area contributed by atoms with Crippen molar-refractivity contribution in [1.29, 1.82) is 0 Å². The quantitative estimate of drug-likeness (QED) is 0.210. The summed E-state index contributed by atoms with van der Waals surface area (Å²) in [6.45, 7) is 2.77. The van der Waals surface area contributed by atoms with Crippen LogP contribution < -0.4 is 31.0 Å². The van der Waals surface area contributed by atoms with E-state index >= 15 is 4.39 Å². The summed E-state index contributed by atoms with van der Waals surface area (Å²) >= 11 is 1.97. The first-order valence-electron chi connectivity index (χ1n) is 14.2. The Morgan fingerprint density at radius 2 is 1.76 bits per heavy atom. The molecule has 232 valence electrons. The number of halogens is 2. The van der Waals surface area contributed by atoms with Crippen LogP contribution in [0.15, 0.2) is 81.1 Å². The number of rotatable bonds is 8. The van der Waals surface area contributed by atoms with Crippen LogP contribution in [0.1, 0.15) is 17.5 Å². The highest BCUT2D eigenvalue weighted by Crippen LogP contribution is 2.34. The van der Waals surface area contributed by atoms with E-state index in [1.165, 1.54) is 32.4 Å². The van der Waals surface area contributed by atoms with Gasteiger partial charge < -0.3 is 18.9 Å². The first-order valence-corrected chi connectivity index (χ1v) is 15.2. The van der Waals surface area contributed by atoms with Crippen molar-refractivity contribution in [3.8, 4) is 28.7 Å². The van der Waals surface area contributed by atoms with Gasteiger partial charge in [0.05, 0.1) is 32.6 Å². The predicted molar refractivity (Wildman–Crippen MR) is 175 cm³/mol. The molecule has 1 fully saturated rings. The topological polar surface area (TPSA) is 103 Å². The highest BCUT2D eigenvalue weighted by Gasteiger charge is 2.25. The van der Waals surface area contributed by atoms with E-state index in [9.17, 15) is 14.4 Å². The third-order valence-electron chi connectivity index (χ3n) is 7.75. The maximum absolute atomic E-state index is 15.5. The average molecular weight is 726 g/mol. The normalized spacial score (nSPS) is 14.6. The van der Waals surface area contributed by atoms with Gasteiger partial charge in [0.15, 0.2) is 0 Å². The molecule has 1 aliphatic rings. The fraction of sp³-hybridized carbons (Fsp3) is 0.242. The van der Waals surface area contributed by atoms with Gasteiger partial charge in [-0.1, -0.05) is 18.2 Å². The Morgan fingerprint density at radius 3 is 2.44 bits per heavy atom. The molecule has 0 radical (unpaired) electrons. The molecule has 5 aromatic rings. The molecule has 6 rings (SSSR count). The van der Waals surface area contributed by atoms with Crippen LogP contribution in [0.3, 0.4) is 0 Å². The lowest BCUT2D eigenvalue weighted by Gasteiger charge is -2.20. The zero-order chi connectivity index (χ0) is 31.8. The lowest BCUT2D eigenvalue weighted by atomic mass is 10.2. The van der Waals surface area contributed by atoms with Gasteiger partial charge in [-0.2, -0.15) is 0 Å². The summed E-state index contributed by atoms with van der Waals surface area (Å²) in [7, 11) is 2.96. The van der Waals surface area contributed by atoms with Gasteiger partial charge in [-0.15, -0.1) is 0 Å². The summed E-state index contributed by atoms with van der Waals surface area (Å²) in [4.78, 5) is 41.7. The minimum atomic E-state index is -0.819. The minimum absolute atomic E-state index is 0.0712. The van der Waals surface area contributed by atoms with E-state index in [0.29, 0.717) is 45.2 Å². The fourth-order valence-corrected chi connectivity index (χ4v) is 5.76. The Labute approximate surface area is 270 Å². The number of methoxy groups -OCH3 is 1. The molecule has 45 heavy (non-hydrogen) atoms. The standard InChI is InChI=1S/C33H29FIN3O7/c1-19-26(44-23-13-14-43-18-23)5-4-6-27(19)45-28-16-29(39)36(2)31-30(28)32(40)37(17-20-7-10-22(42-3)11-8-20)33(41)38(31)25-12-9-21(35)15-24(25)34/h4-12,15-16,23H,13-14,17-18H2,1-3H3. The zero-order valence-electron chi connectivity index (χ0n) is 24.7. The van der Waals surface area contributed by atoms with Crippen LogP contribution in [0, 0.1) is 16.3 Å². The number of nitrogens with zero attached hydrogens (tertiary/aromatic N) is 3. The molecule has 1 aliphatic heterocycles. The second-order valence-corrected chi connectivity index (χ2v) is 11.9. The summed E-state index contributed by atoms with van der Waals surface area (Å²) in [5, 5.41) is -0.0712. The number of aryl methyl sites for hydroxylation is 1. The molecule has 2 aromatic heterocycles. The van der Waals surface area contributed by atoms with Gasteiger partial charge in [-0.3, -0.25) is 18.7 Å². The second-order valence-electron chi connectivity index (χ2n) is 10.6. The Bertz CT molecular complexity index is 2100. The molecule has 10 nitrogen and oxygen atoms in total. The van der Waals surface area contributed by atoms with Crippen LogP contribution in [0.4, 0.5) is 4.39 Å². The summed E-state index contributed by atoms with van der Waals surface area (Å²) in [5.41, 5.74) is -1.02. The van der Waals surface area contributed by atoms with Crippen LogP contribution in [-0.2, 0) is 18.3 Å². The van der Waals surface area contributed by atoms with Gasteiger partial charge in [0, 0.05) is 28.7 Å². The Morgan fingerprint density at radius 1 is 1.00 bits per heavy atom. The molecule has 0 saturated carbocycles. The molecule has 0 amide bonds. The number of aromatic nitrogens is 3. The van der Waals surface area contributed by atoms with Crippen molar-refractivity contribution in [3.63, 3.8) is 0 Å². The van der Waals surface area contributed by atoms with Crippen LogP contribution in [0.5, 0.6) is 23.0 Å². The molecule has 1 unspecified atom stereocenters. The first kappa shape index (κ1) is 30.6. The smallest absolute Gasteiger partial charge is 0.337 e. The molecule has 1 atom stereocenters. The highest BCUT2D eigenvalue weighted by atomic mass is 127. The van der Waals surface area contributed by atoms with Gasteiger partial charge in [0.25, 0.3) is 11.1 Å². The summed E-state index contributed by atoms with van der Waals surface area (Å²) in [6.07, 6.45) is 0.650. The van der Waals surface area contributed by atoms with Crippen molar-refractivity contribution >= 4 is 33.6 Å². The highest BCUT2D eigenvalue weighted by molar-refractivity contribution is 14.1. The molecule has 0 N–H and O–H groups in total. The average Bonchev–Trinajstić information content (AvgIpc) is 3.54. The molecule has 1 saturated heterocycles. The van der Waals surface area contributed by atoms with Gasteiger partial charge >= 0.3 is 5.69 Å². The van der Waals surface area contributed by atoms with Crippen LogP contribution in [-0.4, -0.2) is 40.1 Å². The monoisotopic (exact) mass is 725 g/mol. The maximum atomic E-state index is 15.5. The van der Waals surface area contributed by atoms with Crippen molar-refractivity contribution < 1.29 is 23.3 Å². The van der Waals surface area contributed by atoms with E-state index in [4.69, 9.17) is 18.9 Å². The van der Waals surface area contributed by atoms with E-state index in [1.807, 2.05) is 35.6 Å². The summed E-state index contributed by atoms with van der Waals surface area (Å²) < 4.78 is 42.4. The Balaban J connectivity index is 1.59. The Kier molecular flexibility index (Phi) is 8.51. The van der Waals surface area contributed by atoms with E-state index in [-0.39, 0.29) is 35.1 Å². The van der Waals surface area contributed by atoms with Crippen molar-refractivity contribution in [2.24, 2.45) is 7.05 Å². The Hall–Kier alpha value is -4.43. The third kappa shape index (κ3) is 5.87. The number of fused-ring (bicyclic) bond motifs is 1. The summed E-state index contributed by atoms with van der Waals surface area (Å²) in [6, 6.07) is 17.7. The first-order chi connectivity index (χ1) is 21.7. The number of hydrogen-bond donors (Lipinski definition) is 0. The SMILES string of the molecule is COc1ccc(Cn2c(=O)c3c(Oc4cccc(OC5CCOC5)c4C)cc(=O)n(C)c3n(-c3ccc(I)cc3F)c2=O)cc1. The van der Waals surface area contributed by atoms with E-state index in [1.54, 1.807) is 42.5 Å². The van der Waals surface area contributed by atoms with Crippen LogP contribution >= 0.6 is 22.6 Å². The number of hydrogen-bond acceptors (Lipinski definition) is 7. The predicted octanol–water partition coefficient (Wildman–Crippen LogP) is 4.92. The van der Waals surface area contributed by atoms with Crippen molar-refractivity contribution in [2.45, 2.75) is 26.0 Å². The van der Waals surface area contributed by atoms with E-state index < -0.39 is 22.6 Å². The molecule has 12 heteroatoms. The lowest BCUT2D eigenvalue weighted by Crippen LogP contribution is -2.42. The van der Waals surface area contributed by atoms with Crippen molar-refractivity contribution in [2.75, 3.05) is 20.3 Å². The molecule has 0 spiro atoms. The third-order valence-corrected chi connectivity index (χ3v) is 8.42. The van der Waals surface area contributed by atoms with Crippen LogP contribution in [0.2, 0.25) is 0 Å². The van der Waals surface area contributed by atoms with Gasteiger partial charge in [0.2, 0.25) is 0 Å². The van der Waals surface area contributed by atoms with E-state index in [0.717, 1.165) is 20.1 Å². The molecule has 3 aromatic carbocycles. The largest absolute Gasteiger partial charge is 0.497 e. The zero-order valence-corrected chi connectivity index (χ0v) is 26.9.